The maximum absolute atomic E-state index is 12.8. The summed E-state index contributed by atoms with van der Waals surface area (Å²) in [6.07, 6.45) is 0. The first-order valence-corrected chi connectivity index (χ1v) is 10.0. The number of aromatic nitrogens is 3. The van der Waals surface area contributed by atoms with Crippen LogP contribution in [-0.2, 0) is 0 Å². The Bertz CT molecular complexity index is 1170. The first-order valence-electron chi connectivity index (χ1n) is 8.87. The van der Waals surface area contributed by atoms with Gasteiger partial charge in [0.1, 0.15) is 0 Å². The SMILES string of the molecule is Cc1ccc(-n2nc(C(=O)Nc3ccc(Br)cc3)nc2-c2ccccc2)cc1Cl. The maximum Gasteiger partial charge on any atom is 0.295 e. The maximum atomic E-state index is 12.8. The Morgan fingerprint density at radius 3 is 2.45 bits per heavy atom. The Morgan fingerprint density at radius 1 is 1.03 bits per heavy atom. The summed E-state index contributed by atoms with van der Waals surface area (Å²) in [6.45, 7) is 1.93. The summed E-state index contributed by atoms with van der Waals surface area (Å²) in [5.74, 6) is 0.247. The van der Waals surface area contributed by atoms with E-state index in [0.717, 1.165) is 21.3 Å². The van der Waals surface area contributed by atoms with Crippen molar-refractivity contribution in [1.29, 1.82) is 0 Å². The van der Waals surface area contributed by atoms with E-state index in [1.54, 1.807) is 16.8 Å². The number of aryl methyl sites for hydroxylation is 1. The van der Waals surface area contributed by atoms with Crippen LogP contribution in [-0.4, -0.2) is 20.7 Å². The van der Waals surface area contributed by atoms with Gasteiger partial charge in [-0.05, 0) is 48.9 Å². The molecule has 0 atom stereocenters. The summed E-state index contributed by atoms with van der Waals surface area (Å²) in [7, 11) is 0. The first-order chi connectivity index (χ1) is 14.0. The van der Waals surface area contributed by atoms with E-state index in [1.807, 2.05) is 67.6 Å². The number of nitrogens with one attached hydrogen (secondary N) is 1. The fraction of sp³-hybridized carbons (Fsp3) is 0.0455. The van der Waals surface area contributed by atoms with Crippen molar-refractivity contribution in [3.63, 3.8) is 0 Å². The van der Waals surface area contributed by atoms with Crippen LogP contribution in [0.5, 0.6) is 0 Å². The molecular weight excluding hydrogens is 452 g/mol. The first kappa shape index (κ1) is 19.4. The topological polar surface area (TPSA) is 59.8 Å². The third-order valence-corrected chi connectivity index (χ3v) is 5.28. The van der Waals surface area contributed by atoms with Crippen LogP contribution < -0.4 is 5.32 Å². The molecule has 0 aliphatic heterocycles. The number of nitrogens with zero attached hydrogens (tertiary/aromatic N) is 3. The van der Waals surface area contributed by atoms with E-state index in [4.69, 9.17) is 11.6 Å². The number of carbonyl (C=O) groups is 1. The normalized spacial score (nSPS) is 10.7. The number of halogens is 2. The molecule has 1 aromatic heterocycles. The van der Waals surface area contributed by atoms with Gasteiger partial charge in [-0.3, -0.25) is 4.79 Å². The van der Waals surface area contributed by atoms with Gasteiger partial charge in [0, 0.05) is 20.7 Å². The number of carbonyl (C=O) groups excluding carboxylic acids is 1. The molecule has 0 unspecified atom stereocenters. The van der Waals surface area contributed by atoms with Crippen molar-refractivity contribution in [1.82, 2.24) is 14.8 Å². The molecule has 4 rings (SSSR count). The summed E-state index contributed by atoms with van der Waals surface area (Å²) in [5.41, 5.74) is 3.20. The second kappa shape index (κ2) is 8.19. The van der Waals surface area contributed by atoms with Crippen LogP contribution in [0.15, 0.2) is 77.3 Å². The average molecular weight is 468 g/mol. The molecule has 1 N–H and O–H groups in total. The zero-order chi connectivity index (χ0) is 20.4. The Labute approximate surface area is 181 Å². The van der Waals surface area contributed by atoms with Crippen molar-refractivity contribution >= 4 is 39.1 Å². The molecule has 29 heavy (non-hydrogen) atoms. The van der Waals surface area contributed by atoms with Crippen molar-refractivity contribution in [2.75, 3.05) is 5.32 Å². The summed E-state index contributed by atoms with van der Waals surface area (Å²) in [6, 6.07) is 22.5. The van der Waals surface area contributed by atoms with Crippen LogP contribution in [0.2, 0.25) is 5.02 Å². The molecule has 7 heteroatoms. The van der Waals surface area contributed by atoms with Crippen LogP contribution in [0.1, 0.15) is 16.2 Å². The van der Waals surface area contributed by atoms with E-state index >= 15 is 0 Å². The Kier molecular flexibility index (Phi) is 5.47. The Morgan fingerprint density at radius 2 is 1.76 bits per heavy atom. The number of hydrogen-bond donors (Lipinski definition) is 1. The smallest absolute Gasteiger partial charge is 0.295 e. The van der Waals surface area contributed by atoms with Gasteiger partial charge in [-0.15, -0.1) is 5.10 Å². The van der Waals surface area contributed by atoms with Crippen LogP contribution in [0.3, 0.4) is 0 Å². The highest BCUT2D eigenvalue weighted by atomic mass is 79.9. The minimum atomic E-state index is -0.388. The average Bonchev–Trinajstić information content (AvgIpc) is 3.18. The highest BCUT2D eigenvalue weighted by Gasteiger charge is 2.19. The lowest BCUT2D eigenvalue weighted by molar-refractivity contribution is 0.101. The molecule has 0 saturated carbocycles. The number of anilines is 1. The van der Waals surface area contributed by atoms with Gasteiger partial charge in [0.2, 0.25) is 5.82 Å². The van der Waals surface area contributed by atoms with Gasteiger partial charge >= 0.3 is 0 Å². The molecule has 0 aliphatic carbocycles. The van der Waals surface area contributed by atoms with Gasteiger partial charge in [-0.2, -0.15) is 0 Å². The van der Waals surface area contributed by atoms with Gasteiger partial charge in [-0.25, -0.2) is 9.67 Å². The monoisotopic (exact) mass is 466 g/mol. The Balaban J connectivity index is 1.75. The van der Waals surface area contributed by atoms with Crippen molar-refractivity contribution in [3.8, 4) is 17.1 Å². The minimum Gasteiger partial charge on any atom is -0.319 e. The van der Waals surface area contributed by atoms with E-state index in [-0.39, 0.29) is 11.7 Å². The number of hydrogen-bond acceptors (Lipinski definition) is 3. The number of rotatable bonds is 4. The van der Waals surface area contributed by atoms with E-state index in [0.29, 0.717) is 16.5 Å². The van der Waals surface area contributed by atoms with Gasteiger partial charge in [-0.1, -0.05) is 63.9 Å². The van der Waals surface area contributed by atoms with Crippen molar-refractivity contribution in [2.24, 2.45) is 0 Å². The van der Waals surface area contributed by atoms with Crippen LogP contribution in [0.25, 0.3) is 17.1 Å². The minimum absolute atomic E-state index is 0.0727. The summed E-state index contributed by atoms with van der Waals surface area (Å²) >= 11 is 9.69. The molecule has 0 bridgehead atoms. The molecule has 4 aromatic rings. The molecule has 1 amide bonds. The Hall–Kier alpha value is -2.96. The molecule has 0 saturated heterocycles. The van der Waals surface area contributed by atoms with E-state index in [1.165, 1.54) is 0 Å². The predicted octanol–water partition coefficient (Wildman–Crippen LogP) is 5.91. The van der Waals surface area contributed by atoms with Gasteiger partial charge in [0.05, 0.1) is 5.69 Å². The molecule has 0 spiro atoms. The molecule has 3 aromatic carbocycles. The molecule has 5 nitrogen and oxygen atoms in total. The van der Waals surface area contributed by atoms with Gasteiger partial charge in [0.15, 0.2) is 5.82 Å². The third-order valence-electron chi connectivity index (χ3n) is 4.34. The molecule has 1 heterocycles. The van der Waals surface area contributed by atoms with E-state index in [2.05, 4.69) is 31.3 Å². The van der Waals surface area contributed by atoms with Crippen LogP contribution in [0.4, 0.5) is 5.69 Å². The standard InChI is InChI=1S/C22H16BrClN4O/c1-14-7-12-18(13-19(14)24)28-21(15-5-3-2-4-6-15)26-20(27-28)22(29)25-17-10-8-16(23)9-11-17/h2-13H,1H3,(H,25,29). The fourth-order valence-electron chi connectivity index (χ4n) is 2.80. The summed E-state index contributed by atoms with van der Waals surface area (Å²) in [4.78, 5) is 17.3. The lowest BCUT2D eigenvalue weighted by Crippen LogP contribution is -2.14. The number of benzene rings is 3. The van der Waals surface area contributed by atoms with Crippen LogP contribution >= 0.6 is 27.5 Å². The summed E-state index contributed by atoms with van der Waals surface area (Å²) in [5, 5.41) is 7.92. The predicted molar refractivity (Wildman–Crippen MR) is 119 cm³/mol. The fourth-order valence-corrected chi connectivity index (χ4v) is 3.24. The molecule has 144 valence electrons. The molecule has 0 aliphatic rings. The van der Waals surface area contributed by atoms with E-state index < -0.39 is 0 Å². The highest BCUT2D eigenvalue weighted by molar-refractivity contribution is 9.10. The zero-order valence-electron chi connectivity index (χ0n) is 15.4. The van der Waals surface area contributed by atoms with E-state index in [9.17, 15) is 4.79 Å². The van der Waals surface area contributed by atoms with Gasteiger partial charge in [0.25, 0.3) is 5.91 Å². The molecule has 0 fully saturated rings. The number of amides is 1. The lowest BCUT2D eigenvalue weighted by Gasteiger charge is -2.07. The van der Waals surface area contributed by atoms with Crippen molar-refractivity contribution < 1.29 is 4.79 Å². The lowest BCUT2D eigenvalue weighted by atomic mass is 10.2. The second-order valence-corrected chi connectivity index (χ2v) is 7.75. The summed E-state index contributed by atoms with van der Waals surface area (Å²) < 4.78 is 2.57. The van der Waals surface area contributed by atoms with Crippen LogP contribution in [0, 0.1) is 6.92 Å². The largest absolute Gasteiger partial charge is 0.319 e. The van der Waals surface area contributed by atoms with Gasteiger partial charge < -0.3 is 5.32 Å². The third kappa shape index (κ3) is 4.23. The van der Waals surface area contributed by atoms with Crippen molar-refractivity contribution in [2.45, 2.75) is 6.92 Å². The van der Waals surface area contributed by atoms with Crippen molar-refractivity contribution in [3.05, 3.63) is 93.7 Å². The quantitative estimate of drug-likeness (QED) is 0.406. The second-order valence-electron chi connectivity index (χ2n) is 6.43. The molecular formula is C22H16BrClN4O. The zero-order valence-corrected chi connectivity index (χ0v) is 17.8. The highest BCUT2D eigenvalue weighted by Crippen LogP contribution is 2.25. The molecule has 0 radical (unpaired) electrons.